The van der Waals surface area contributed by atoms with Crippen molar-refractivity contribution >= 4 is 5.96 Å². The summed E-state index contributed by atoms with van der Waals surface area (Å²) in [5.41, 5.74) is 1.40. The van der Waals surface area contributed by atoms with Crippen molar-refractivity contribution in [2.24, 2.45) is 4.99 Å². The highest BCUT2D eigenvalue weighted by atomic mass is 16.7. The number of aliphatic imine (C=N–C) groups is 1. The Morgan fingerprint density at radius 2 is 2.07 bits per heavy atom. The molecule has 2 aromatic rings. The molecule has 2 heterocycles. The highest BCUT2D eigenvalue weighted by molar-refractivity contribution is 5.79. The summed E-state index contributed by atoms with van der Waals surface area (Å²) in [6.07, 6.45) is 4.96. The van der Waals surface area contributed by atoms with Gasteiger partial charge in [0, 0.05) is 31.5 Å². The second-order valence-electron chi connectivity index (χ2n) is 7.26. The molecule has 0 amide bonds. The van der Waals surface area contributed by atoms with E-state index in [1.54, 1.807) is 6.33 Å². The summed E-state index contributed by atoms with van der Waals surface area (Å²) in [5.74, 6) is 3.53. The Kier molecular flexibility index (Phi) is 5.36. The second-order valence-corrected chi connectivity index (χ2v) is 7.26. The van der Waals surface area contributed by atoms with Gasteiger partial charge in [0.15, 0.2) is 17.5 Å². The van der Waals surface area contributed by atoms with E-state index in [9.17, 15) is 0 Å². The Labute approximate surface area is 165 Å². The molecular weight excluding hydrogens is 356 g/mol. The molecule has 2 N–H and O–H groups in total. The normalized spacial score (nSPS) is 16.9. The number of nitrogens with zero attached hydrogens (tertiary/aromatic N) is 4. The van der Waals surface area contributed by atoms with Crippen LogP contribution in [-0.4, -0.2) is 47.2 Å². The van der Waals surface area contributed by atoms with Crippen molar-refractivity contribution in [1.29, 1.82) is 0 Å². The molecule has 0 atom stereocenters. The molecule has 1 saturated carbocycles. The molecule has 0 saturated heterocycles. The predicted molar refractivity (Wildman–Crippen MR) is 107 cm³/mol. The number of hydrogen-bond acceptors (Lipinski definition) is 5. The predicted octanol–water partition coefficient (Wildman–Crippen LogP) is 1.86. The van der Waals surface area contributed by atoms with E-state index in [1.807, 2.05) is 6.07 Å². The molecular formula is C20H28N6O2. The van der Waals surface area contributed by atoms with Gasteiger partial charge in [0.25, 0.3) is 0 Å². The number of aryl methyl sites for hydroxylation is 1. The lowest BCUT2D eigenvalue weighted by molar-refractivity contribution is 0.174. The molecule has 2 aliphatic rings. The molecule has 28 heavy (non-hydrogen) atoms. The lowest BCUT2D eigenvalue weighted by Crippen LogP contribution is -2.39. The van der Waals surface area contributed by atoms with E-state index in [4.69, 9.17) is 14.5 Å². The summed E-state index contributed by atoms with van der Waals surface area (Å²) >= 11 is 0. The molecule has 1 aliphatic carbocycles. The molecule has 0 unspecified atom stereocenters. The van der Waals surface area contributed by atoms with Gasteiger partial charge in [-0.15, -0.1) is 10.2 Å². The average molecular weight is 384 g/mol. The van der Waals surface area contributed by atoms with Crippen LogP contribution in [0.3, 0.4) is 0 Å². The number of ether oxygens (including phenoxy) is 2. The molecule has 1 fully saturated rings. The Hall–Kier alpha value is -2.77. The lowest BCUT2D eigenvalue weighted by Gasteiger charge is -2.16. The van der Waals surface area contributed by atoms with Crippen LogP contribution in [0.1, 0.15) is 38.1 Å². The standard InChI is InChI=1S/C20H28N6O2/c1-3-18-25-24-13-26(18)10-9-22-19(21-4-2)23-12-20(7-8-20)15-5-6-16-17(11-15)28-14-27-16/h5-6,11,13H,3-4,7-10,12,14H2,1-2H3,(H2,21,22,23). The first-order chi connectivity index (χ1) is 13.7. The first kappa shape index (κ1) is 18.6. The number of guanidine groups is 1. The zero-order valence-electron chi connectivity index (χ0n) is 16.6. The molecule has 8 heteroatoms. The maximum absolute atomic E-state index is 5.54. The fraction of sp³-hybridized carbons (Fsp3) is 0.550. The van der Waals surface area contributed by atoms with E-state index >= 15 is 0 Å². The highest BCUT2D eigenvalue weighted by Gasteiger charge is 2.44. The zero-order chi connectivity index (χ0) is 19.4. The van der Waals surface area contributed by atoms with Crippen molar-refractivity contribution in [3.8, 4) is 11.5 Å². The van der Waals surface area contributed by atoms with E-state index in [1.165, 1.54) is 5.56 Å². The van der Waals surface area contributed by atoms with Crippen LogP contribution < -0.4 is 20.1 Å². The molecule has 0 bridgehead atoms. The average Bonchev–Trinajstić information content (AvgIpc) is 3.13. The molecule has 150 valence electrons. The van der Waals surface area contributed by atoms with Gasteiger partial charge in [-0.25, -0.2) is 0 Å². The van der Waals surface area contributed by atoms with Crippen LogP contribution in [0.25, 0.3) is 0 Å². The summed E-state index contributed by atoms with van der Waals surface area (Å²) in [6, 6.07) is 6.27. The molecule has 1 aromatic heterocycles. The first-order valence-electron chi connectivity index (χ1n) is 10.0. The van der Waals surface area contributed by atoms with Crippen molar-refractivity contribution in [1.82, 2.24) is 25.4 Å². The molecule has 0 radical (unpaired) electrons. The van der Waals surface area contributed by atoms with E-state index in [2.05, 4.69) is 51.4 Å². The van der Waals surface area contributed by atoms with E-state index in [-0.39, 0.29) is 5.41 Å². The number of benzene rings is 1. The number of fused-ring (bicyclic) bond motifs is 1. The van der Waals surface area contributed by atoms with Crippen molar-refractivity contribution < 1.29 is 9.47 Å². The zero-order valence-corrected chi connectivity index (χ0v) is 16.6. The van der Waals surface area contributed by atoms with Crippen molar-refractivity contribution in [3.05, 3.63) is 35.9 Å². The lowest BCUT2D eigenvalue weighted by atomic mass is 9.96. The Morgan fingerprint density at radius 1 is 1.21 bits per heavy atom. The maximum atomic E-state index is 5.54. The number of hydrogen-bond donors (Lipinski definition) is 2. The van der Waals surface area contributed by atoms with Gasteiger partial charge in [-0.1, -0.05) is 13.0 Å². The monoisotopic (exact) mass is 384 g/mol. The third kappa shape index (κ3) is 3.90. The van der Waals surface area contributed by atoms with Crippen LogP contribution in [-0.2, 0) is 18.4 Å². The Balaban J connectivity index is 1.37. The summed E-state index contributed by atoms with van der Waals surface area (Å²) in [6.45, 7) is 7.65. The molecule has 1 aliphatic heterocycles. The minimum absolute atomic E-state index is 0.118. The van der Waals surface area contributed by atoms with Crippen LogP contribution in [0.15, 0.2) is 29.5 Å². The number of nitrogens with one attached hydrogen (secondary N) is 2. The van der Waals surface area contributed by atoms with Crippen molar-refractivity contribution in [3.63, 3.8) is 0 Å². The Morgan fingerprint density at radius 3 is 2.86 bits per heavy atom. The minimum Gasteiger partial charge on any atom is -0.454 e. The maximum Gasteiger partial charge on any atom is 0.231 e. The largest absolute Gasteiger partial charge is 0.454 e. The smallest absolute Gasteiger partial charge is 0.231 e. The number of aromatic nitrogens is 3. The van der Waals surface area contributed by atoms with E-state index < -0.39 is 0 Å². The Bertz CT molecular complexity index is 843. The van der Waals surface area contributed by atoms with Crippen LogP contribution in [0.2, 0.25) is 0 Å². The SMILES string of the molecule is CCNC(=NCC1(c2ccc3c(c2)OCO3)CC1)NCCn1cnnc1CC. The van der Waals surface area contributed by atoms with Crippen molar-refractivity contribution in [2.45, 2.75) is 45.1 Å². The quantitative estimate of drug-likeness (QED) is 0.534. The topological polar surface area (TPSA) is 85.6 Å². The van der Waals surface area contributed by atoms with Gasteiger partial charge >= 0.3 is 0 Å². The summed E-state index contributed by atoms with van der Waals surface area (Å²) in [7, 11) is 0. The van der Waals surface area contributed by atoms with Crippen LogP contribution in [0, 0.1) is 0 Å². The number of rotatable bonds is 8. The van der Waals surface area contributed by atoms with E-state index in [0.717, 1.165) is 68.7 Å². The van der Waals surface area contributed by atoms with Crippen LogP contribution in [0.5, 0.6) is 11.5 Å². The molecule has 1 aromatic carbocycles. The molecule has 4 rings (SSSR count). The van der Waals surface area contributed by atoms with Crippen LogP contribution in [0.4, 0.5) is 0 Å². The van der Waals surface area contributed by atoms with Gasteiger partial charge in [0.2, 0.25) is 6.79 Å². The fourth-order valence-electron chi connectivity index (χ4n) is 3.52. The van der Waals surface area contributed by atoms with Gasteiger partial charge in [-0.3, -0.25) is 4.99 Å². The van der Waals surface area contributed by atoms with Crippen LogP contribution >= 0.6 is 0 Å². The van der Waals surface area contributed by atoms with Gasteiger partial charge in [-0.2, -0.15) is 0 Å². The van der Waals surface area contributed by atoms with Gasteiger partial charge in [0.05, 0.1) is 6.54 Å². The summed E-state index contributed by atoms with van der Waals surface area (Å²) < 4.78 is 13.0. The second kappa shape index (κ2) is 8.08. The van der Waals surface area contributed by atoms with Gasteiger partial charge in [0.1, 0.15) is 12.2 Å². The molecule has 0 spiro atoms. The molecule has 8 nitrogen and oxygen atoms in total. The van der Waals surface area contributed by atoms with Gasteiger partial charge in [-0.05, 0) is 37.5 Å². The third-order valence-corrected chi connectivity index (χ3v) is 5.38. The van der Waals surface area contributed by atoms with Crippen molar-refractivity contribution in [2.75, 3.05) is 26.4 Å². The first-order valence-corrected chi connectivity index (χ1v) is 10.0. The fourth-order valence-corrected chi connectivity index (χ4v) is 3.52. The summed E-state index contributed by atoms with van der Waals surface area (Å²) in [5, 5.41) is 14.9. The van der Waals surface area contributed by atoms with Gasteiger partial charge < -0.3 is 24.7 Å². The minimum atomic E-state index is 0.118. The highest BCUT2D eigenvalue weighted by Crippen LogP contribution is 2.50. The summed E-state index contributed by atoms with van der Waals surface area (Å²) in [4.78, 5) is 4.86. The van der Waals surface area contributed by atoms with E-state index in [0.29, 0.717) is 6.79 Å². The third-order valence-electron chi connectivity index (χ3n) is 5.38.